The van der Waals surface area contributed by atoms with Crippen LogP contribution in [0, 0.1) is 5.82 Å². The maximum atomic E-state index is 13.7. The Hall–Kier alpha value is -2.41. The smallest absolute Gasteiger partial charge is 0.331 e. The number of benzene rings is 1. The molecule has 2 aromatic rings. The summed E-state index contributed by atoms with van der Waals surface area (Å²) in [6.07, 6.45) is 1.20. The first-order valence-corrected chi connectivity index (χ1v) is 7.53. The van der Waals surface area contributed by atoms with E-state index in [2.05, 4.69) is 4.74 Å². The van der Waals surface area contributed by atoms with Crippen LogP contribution in [0.25, 0.3) is 11.1 Å². The minimum Gasteiger partial charge on any atom is -0.468 e. The number of ether oxygens (including phenoxy) is 1. The minimum absolute atomic E-state index is 0.0247. The molecule has 0 radical (unpaired) electrons. The first-order valence-electron chi connectivity index (χ1n) is 7.15. The van der Waals surface area contributed by atoms with Crippen LogP contribution in [-0.2, 0) is 16.1 Å². The quantitative estimate of drug-likeness (QED) is 0.789. The Morgan fingerprint density at radius 3 is 2.54 bits per heavy atom. The topological polar surface area (TPSA) is 70.3 Å². The molecule has 1 aromatic heterocycles. The van der Waals surface area contributed by atoms with Gasteiger partial charge in [-0.3, -0.25) is 18.7 Å². The van der Waals surface area contributed by atoms with Gasteiger partial charge in [0.15, 0.2) is 0 Å². The Balaban J connectivity index is 2.81. The van der Waals surface area contributed by atoms with Gasteiger partial charge >= 0.3 is 11.7 Å². The molecule has 24 heavy (non-hydrogen) atoms. The van der Waals surface area contributed by atoms with Crippen LogP contribution in [0.5, 0.6) is 0 Å². The Bertz CT molecular complexity index is 902. The summed E-state index contributed by atoms with van der Waals surface area (Å²) < 4.78 is 20.3. The van der Waals surface area contributed by atoms with Gasteiger partial charge in [0.2, 0.25) is 0 Å². The van der Waals surface area contributed by atoms with Gasteiger partial charge in [0.1, 0.15) is 12.4 Å². The summed E-state index contributed by atoms with van der Waals surface area (Å²) in [7, 11) is 1.19. The molecule has 0 fully saturated rings. The lowest BCUT2D eigenvalue weighted by molar-refractivity contribution is -0.141. The molecule has 128 valence electrons. The van der Waals surface area contributed by atoms with Crippen molar-refractivity contribution in [1.82, 2.24) is 9.13 Å². The summed E-state index contributed by atoms with van der Waals surface area (Å²) in [5.41, 5.74) is -1.09. The summed E-state index contributed by atoms with van der Waals surface area (Å²) in [6, 6.07) is 3.59. The van der Waals surface area contributed by atoms with E-state index >= 15 is 0 Å². The SMILES string of the molecule is COC(=O)Cn1cc(-c2cccc(F)c2Cl)c(=O)n(C(C)C)c1=O. The summed E-state index contributed by atoms with van der Waals surface area (Å²) in [5, 5.41) is -0.229. The number of methoxy groups -OCH3 is 1. The number of carbonyl (C=O) groups excluding carboxylic acids is 1. The molecule has 0 spiro atoms. The van der Waals surface area contributed by atoms with Crippen molar-refractivity contribution in [3.8, 4) is 11.1 Å². The lowest BCUT2D eigenvalue weighted by Gasteiger charge is -2.15. The van der Waals surface area contributed by atoms with Gasteiger partial charge in [-0.05, 0) is 19.9 Å². The van der Waals surface area contributed by atoms with Gasteiger partial charge in [-0.1, -0.05) is 23.7 Å². The molecule has 0 saturated carbocycles. The Morgan fingerprint density at radius 1 is 1.29 bits per heavy atom. The molecule has 0 aliphatic rings. The van der Waals surface area contributed by atoms with E-state index in [0.29, 0.717) is 0 Å². The van der Waals surface area contributed by atoms with Crippen LogP contribution in [0.3, 0.4) is 0 Å². The predicted molar refractivity (Wildman–Crippen MR) is 87.8 cm³/mol. The third-order valence-corrected chi connectivity index (χ3v) is 3.86. The Kier molecular flexibility index (Phi) is 5.23. The highest BCUT2D eigenvalue weighted by atomic mass is 35.5. The molecule has 0 saturated heterocycles. The molecule has 0 N–H and O–H groups in total. The zero-order valence-electron chi connectivity index (χ0n) is 13.4. The summed E-state index contributed by atoms with van der Waals surface area (Å²) >= 11 is 5.95. The number of hydrogen-bond acceptors (Lipinski definition) is 4. The van der Waals surface area contributed by atoms with Crippen molar-refractivity contribution in [1.29, 1.82) is 0 Å². The van der Waals surface area contributed by atoms with E-state index in [1.54, 1.807) is 13.8 Å². The molecule has 0 unspecified atom stereocenters. The fourth-order valence-electron chi connectivity index (χ4n) is 2.29. The highest BCUT2D eigenvalue weighted by Gasteiger charge is 2.19. The fraction of sp³-hybridized carbons (Fsp3) is 0.312. The lowest BCUT2D eigenvalue weighted by atomic mass is 10.1. The number of carbonyl (C=O) groups is 1. The van der Waals surface area contributed by atoms with Crippen LogP contribution in [0.1, 0.15) is 19.9 Å². The first-order chi connectivity index (χ1) is 11.3. The second kappa shape index (κ2) is 7.00. The summed E-state index contributed by atoms with van der Waals surface area (Å²) in [5.74, 6) is -1.34. The average Bonchev–Trinajstić information content (AvgIpc) is 2.52. The molecule has 1 heterocycles. The second-order valence-corrected chi connectivity index (χ2v) is 5.78. The number of rotatable bonds is 4. The van der Waals surface area contributed by atoms with E-state index in [4.69, 9.17) is 11.6 Å². The molecule has 6 nitrogen and oxygen atoms in total. The number of esters is 1. The molecule has 0 amide bonds. The Morgan fingerprint density at radius 2 is 1.96 bits per heavy atom. The van der Waals surface area contributed by atoms with Crippen molar-refractivity contribution in [3.05, 3.63) is 56.1 Å². The van der Waals surface area contributed by atoms with Crippen molar-refractivity contribution in [2.24, 2.45) is 0 Å². The highest BCUT2D eigenvalue weighted by Crippen LogP contribution is 2.27. The molecule has 0 atom stereocenters. The van der Waals surface area contributed by atoms with Gasteiger partial charge in [0.05, 0.1) is 17.7 Å². The molecule has 2 rings (SSSR count). The van der Waals surface area contributed by atoms with Crippen molar-refractivity contribution < 1.29 is 13.9 Å². The Labute approximate surface area is 142 Å². The van der Waals surface area contributed by atoms with Gasteiger partial charge in [0.25, 0.3) is 5.56 Å². The molecule has 8 heteroatoms. The zero-order valence-corrected chi connectivity index (χ0v) is 14.1. The maximum absolute atomic E-state index is 13.7. The number of halogens is 2. The number of nitrogens with zero attached hydrogens (tertiary/aromatic N) is 2. The highest BCUT2D eigenvalue weighted by molar-refractivity contribution is 6.33. The van der Waals surface area contributed by atoms with Crippen LogP contribution >= 0.6 is 11.6 Å². The molecular formula is C16H16ClFN2O4. The maximum Gasteiger partial charge on any atom is 0.331 e. The van der Waals surface area contributed by atoms with Gasteiger partial charge < -0.3 is 4.74 Å². The van der Waals surface area contributed by atoms with Gasteiger partial charge in [0, 0.05) is 17.8 Å². The molecule has 0 aliphatic heterocycles. The van der Waals surface area contributed by atoms with E-state index in [1.165, 1.54) is 25.4 Å². The van der Waals surface area contributed by atoms with Crippen LogP contribution < -0.4 is 11.2 Å². The zero-order chi connectivity index (χ0) is 18.0. The van der Waals surface area contributed by atoms with Crippen LogP contribution in [0.4, 0.5) is 4.39 Å². The van der Waals surface area contributed by atoms with Crippen LogP contribution in [-0.4, -0.2) is 22.2 Å². The van der Waals surface area contributed by atoms with E-state index < -0.39 is 29.1 Å². The second-order valence-electron chi connectivity index (χ2n) is 5.40. The third-order valence-electron chi connectivity index (χ3n) is 3.47. The molecule has 0 bridgehead atoms. The molecule has 1 aromatic carbocycles. The average molecular weight is 355 g/mol. The van der Waals surface area contributed by atoms with Crippen molar-refractivity contribution in [2.75, 3.05) is 7.11 Å². The number of hydrogen-bond donors (Lipinski definition) is 0. The van der Waals surface area contributed by atoms with Gasteiger partial charge in [-0.2, -0.15) is 0 Å². The predicted octanol–water partition coefficient (Wildman–Crippen LogP) is 2.22. The van der Waals surface area contributed by atoms with E-state index in [1.807, 2.05) is 0 Å². The van der Waals surface area contributed by atoms with Crippen LogP contribution in [0.2, 0.25) is 5.02 Å². The normalized spacial score (nSPS) is 10.9. The van der Waals surface area contributed by atoms with E-state index in [9.17, 15) is 18.8 Å². The molecule has 0 aliphatic carbocycles. The first kappa shape index (κ1) is 17.9. The van der Waals surface area contributed by atoms with Crippen molar-refractivity contribution >= 4 is 17.6 Å². The summed E-state index contributed by atoms with van der Waals surface area (Å²) in [4.78, 5) is 36.6. The fourth-order valence-corrected chi connectivity index (χ4v) is 2.52. The van der Waals surface area contributed by atoms with Crippen molar-refractivity contribution in [2.45, 2.75) is 26.4 Å². The molecular weight excluding hydrogens is 339 g/mol. The monoisotopic (exact) mass is 354 g/mol. The van der Waals surface area contributed by atoms with Crippen LogP contribution in [0.15, 0.2) is 34.0 Å². The van der Waals surface area contributed by atoms with Crippen molar-refractivity contribution in [3.63, 3.8) is 0 Å². The largest absolute Gasteiger partial charge is 0.468 e. The van der Waals surface area contributed by atoms with Gasteiger partial charge in [-0.25, -0.2) is 9.18 Å². The third kappa shape index (κ3) is 3.26. The van der Waals surface area contributed by atoms with E-state index in [0.717, 1.165) is 15.2 Å². The van der Waals surface area contributed by atoms with Gasteiger partial charge in [-0.15, -0.1) is 0 Å². The summed E-state index contributed by atoms with van der Waals surface area (Å²) in [6.45, 7) is 2.94. The standard InChI is InChI=1S/C16H16ClFN2O4/c1-9(2)20-15(22)11(10-5-4-6-12(18)14(10)17)7-19(16(20)23)8-13(21)24-3/h4-7,9H,8H2,1-3H3. The van der Waals surface area contributed by atoms with E-state index in [-0.39, 0.29) is 22.7 Å². The minimum atomic E-state index is -0.685. The number of aromatic nitrogens is 2. The lowest BCUT2D eigenvalue weighted by Crippen LogP contribution is -2.42.